The maximum atomic E-state index is 12.7. The molecule has 1 spiro atoms. The van der Waals surface area contributed by atoms with Gasteiger partial charge in [-0.25, -0.2) is 0 Å². The van der Waals surface area contributed by atoms with Crippen molar-refractivity contribution in [3.8, 4) is 0 Å². The molecule has 2 aliphatic heterocycles. The highest BCUT2D eigenvalue weighted by atomic mass is 16.2. The van der Waals surface area contributed by atoms with Gasteiger partial charge in [-0.15, -0.1) is 0 Å². The highest BCUT2D eigenvalue weighted by molar-refractivity contribution is 5.93. The Morgan fingerprint density at radius 2 is 2.00 bits per heavy atom. The number of nitrogens with one attached hydrogen (secondary N) is 1. The summed E-state index contributed by atoms with van der Waals surface area (Å²) in [6.07, 6.45) is 4.01. The van der Waals surface area contributed by atoms with Gasteiger partial charge >= 0.3 is 0 Å². The van der Waals surface area contributed by atoms with E-state index in [2.05, 4.69) is 45.4 Å². The molecule has 1 atom stereocenters. The Morgan fingerprint density at radius 1 is 1.21 bits per heavy atom. The molecule has 1 amide bonds. The van der Waals surface area contributed by atoms with Crippen LogP contribution in [0.5, 0.6) is 0 Å². The summed E-state index contributed by atoms with van der Waals surface area (Å²) >= 11 is 0. The van der Waals surface area contributed by atoms with Gasteiger partial charge in [0.1, 0.15) is 5.69 Å². The summed E-state index contributed by atoms with van der Waals surface area (Å²) in [7, 11) is 0. The van der Waals surface area contributed by atoms with Crippen molar-refractivity contribution < 1.29 is 4.79 Å². The number of likely N-dealkylation sites (tertiary alicyclic amines) is 2. The van der Waals surface area contributed by atoms with E-state index >= 15 is 0 Å². The summed E-state index contributed by atoms with van der Waals surface area (Å²) in [6.45, 7) is 6.88. The minimum absolute atomic E-state index is 0.100. The molecule has 2 fully saturated rings. The lowest BCUT2D eigenvalue weighted by molar-refractivity contribution is 0.0766. The van der Waals surface area contributed by atoms with Crippen LogP contribution >= 0.6 is 0 Å². The second kappa shape index (κ2) is 6.06. The maximum absolute atomic E-state index is 12.7. The van der Waals surface area contributed by atoms with Crippen LogP contribution in [0.3, 0.4) is 0 Å². The van der Waals surface area contributed by atoms with Gasteiger partial charge in [-0.2, -0.15) is 5.10 Å². The van der Waals surface area contributed by atoms with Crippen LogP contribution < -0.4 is 0 Å². The van der Waals surface area contributed by atoms with Crippen molar-refractivity contribution in [3.63, 3.8) is 0 Å². The predicted molar refractivity (Wildman–Crippen MR) is 92.6 cm³/mol. The Morgan fingerprint density at radius 3 is 2.75 bits per heavy atom. The molecule has 5 heteroatoms. The van der Waals surface area contributed by atoms with E-state index in [1.807, 2.05) is 11.8 Å². The van der Waals surface area contributed by atoms with Gasteiger partial charge < -0.3 is 4.90 Å². The molecule has 24 heavy (non-hydrogen) atoms. The molecule has 126 valence electrons. The summed E-state index contributed by atoms with van der Waals surface area (Å²) in [5.74, 6) is 0.100. The van der Waals surface area contributed by atoms with Crippen molar-refractivity contribution in [2.75, 3.05) is 26.2 Å². The van der Waals surface area contributed by atoms with Gasteiger partial charge in [-0.05, 0) is 37.4 Å². The van der Waals surface area contributed by atoms with E-state index in [1.54, 1.807) is 6.20 Å². The zero-order valence-corrected chi connectivity index (χ0v) is 14.2. The number of hydrogen-bond acceptors (Lipinski definition) is 3. The summed E-state index contributed by atoms with van der Waals surface area (Å²) in [4.78, 5) is 17.2. The van der Waals surface area contributed by atoms with Gasteiger partial charge in [0, 0.05) is 31.6 Å². The van der Waals surface area contributed by atoms with Gasteiger partial charge in [0.05, 0.1) is 6.20 Å². The maximum Gasteiger partial charge on any atom is 0.272 e. The summed E-state index contributed by atoms with van der Waals surface area (Å²) in [6, 6.07) is 10.6. The quantitative estimate of drug-likeness (QED) is 0.943. The Labute approximate surface area is 142 Å². The third kappa shape index (κ3) is 2.84. The van der Waals surface area contributed by atoms with Crippen LogP contribution in [0.4, 0.5) is 0 Å². The molecule has 0 aliphatic carbocycles. The second-order valence-electron chi connectivity index (χ2n) is 7.35. The Bertz CT molecular complexity index is 726. The number of aryl methyl sites for hydroxylation is 1. The number of carbonyl (C=O) groups is 1. The van der Waals surface area contributed by atoms with Gasteiger partial charge in [0.15, 0.2) is 0 Å². The molecule has 0 bridgehead atoms. The van der Waals surface area contributed by atoms with E-state index in [1.165, 1.54) is 12.0 Å². The number of carbonyl (C=O) groups excluding carboxylic acids is 1. The van der Waals surface area contributed by atoms with Gasteiger partial charge in [0.25, 0.3) is 5.91 Å². The number of rotatable bonds is 3. The normalized spacial score (nSPS) is 24.1. The minimum atomic E-state index is 0.100. The average molecular weight is 324 g/mol. The first-order valence-corrected chi connectivity index (χ1v) is 8.71. The number of hydrogen-bond donors (Lipinski definition) is 1. The third-order valence-electron chi connectivity index (χ3n) is 5.53. The van der Waals surface area contributed by atoms with Gasteiger partial charge in [-0.1, -0.05) is 30.3 Å². The smallest absolute Gasteiger partial charge is 0.272 e. The molecular weight excluding hydrogens is 300 g/mol. The fraction of sp³-hybridized carbons (Fsp3) is 0.474. The van der Waals surface area contributed by atoms with Crippen LogP contribution in [-0.2, 0) is 6.54 Å². The van der Waals surface area contributed by atoms with Crippen molar-refractivity contribution in [2.45, 2.75) is 26.3 Å². The van der Waals surface area contributed by atoms with Crippen LogP contribution in [0, 0.1) is 12.3 Å². The van der Waals surface area contributed by atoms with Crippen LogP contribution in [-0.4, -0.2) is 52.1 Å². The van der Waals surface area contributed by atoms with Crippen LogP contribution in [0.15, 0.2) is 36.5 Å². The zero-order valence-electron chi connectivity index (χ0n) is 14.2. The summed E-state index contributed by atoms with van der Waals surface area (Å²) < 4.78 is 0. The Kier molecular flexibility index (Phi) is 3.88. The fourth-order valence-corrected chi connectivity index (χ4v) is 4.17. The lowest BCUT2D eigenvalue weighted by Gasteiger charge is -2.24. The molecule has 2 saturated heterocycles. The monoisotopic (exact) mass is 324 g/mol. The molecule has 0 radical (unpaired) electrons. The topological polar surface area (TPSA) is 52.2 Å². The molecule has 1 aromatic heterocycles. The summed E-state index contributed by atoms with van der Waals surface area (Å²) in [5, 5.41) is 6.83. The molecule has 2 aromatic rings. The second-order valence-corrected chi connectivity index (χ2v) is 7.35. The largest absolute Gasteiger partial charge is 0.337 e. The van der Waals surface area contributed by atoms with E-state index in [-0.39, 0.29) is 11.3 Å². The SMILES string of the molecule is Cc1cn[nH]c1C(=O)N1CCC2(CCN(Cc3ccccc3)C2)C1. The molecule has 1 unspecified atom stereocenters. The zero-order chi connectivity index (χ0) is 16.6. The number of aromatic nitrogens is 2. The van der Waals surface area contributed by atoms with Gasteiger partial charge in [-0.3, -0.25) is 14.8 Å². The third-order valence-corrected chi connectivity index (χ3v) is 5.53. The van der Waals surface area contributed by atoms with Crippen LogP contribution in [0.2, 0.25) is 0 Å². The fourth-order valence-electron chi connectivity index (χ4n) is 4.17. The molecule has 5 nitrogen and oxygen atoms in total. The Hall–Kier alpha value is -2.14. The predicted octanol–water partition coefficient (Wildman–Crippen LogP) is 2.46. The van der Waals surface area contributed by atoms with E-state index in [0.717, 1.165) is 44.7 Å². The first kappa shape index (κ1) is 15.4. The molecule has 4 rings (SSSR count). The highest BCUT2D eigenvalue weighted by Gasteiger charge is 2.44. The lowest BCUT2D eigenvalue weighted by Crippen LogP contribution is -2.34. The van der Waals surface area contributed by atoms with E-state index in [0.29, 0.717) is 5.69 Å². The summed E-state index contributed by atoms with van der Waals surface area (Å²) in [5.41, 5.74) is 3.22. The number of amides is 1. The minimum Gasteiger partial charge on any atom is -0.337 e. The molecule has 1 aromatic carbocycles. The van der Waals surface area contributed by atoms with Crippen LogP contribution in [0.25, 0.3) is 0 Å². The van der Waals surface area contributed by atoms with E-state index in [4.69, 9.17) is 0 Å². The number of benzene rings is 1. The average Bonchev–Trinajstić information content (AvgIpc) is 3.30. The molecule has 0 saturated carbocycles. The standard InChI is InChI=1S/C19H24N4O/c1-15-11-20-21-17(15)18(24)23-10-8-19(14-23)7-9-22(13-19)12-16-5-3-2-4-6-16/h2-6,11H,7-10,12-14H2,1H3,(H,20,21). The van der Waals surface area contributed by atoms with Crippen LogP contribution in [0.1, 0.15) is 34.5 Å². The molecule has 3 heterocycles. The molecule has 2 aliphatic rings. The van der Waals surface area contributed by atoms with Crippen molar-refractivity contribution in [3.05, 3.63) is 53.3 Å². The molecule has 1 N–H and O–H groups in total. The van der Waals surface area contributed by atoms with Crippen molar-refractivity contribution >= 4 is 5.91 Å². The Balaban J connectivity index is 1.40. The number of nitrogens with zero attached hydrogens (tertiary/aromatic N) is 3. The van der Waals surface area contributed by atoms with Gasteiger partial charge in [0.2, 0.25) is 0 Å². The lowest BCUT2D eigenvalue weighted by atomic mass is 9.86. The van der Waals surface area contributed by atoms with Crippen molar-refractivity contribution in [1.82, 2.24) is 20.0 Å². The molecular formula is C19H24N4O. The first-order chi connectivity index (χ1) is 11.7. The van der Waals surface area contributed by atoms with E-state index < -0.39 is 0 Å². The van der Waals surface area contributed by atoms with Crippen molar-refractivity contribution in [1.29, 1.82) is 0 Å². The first-order valence-electron chi connectivity index (χ1n) is 8.71. The number of aromatic amines is 1. The van der Waals surface area contributed by atoms with E-state index in [9.17, 15) is 4.79 Å². The van der Waals surface area contributed by atoms with Crippen molar-refractivity contribution in [2.24, 2.45) is 5.41 Å². The highest BCUT2D eigenvalue weighted by Crippen LogP contribution is 2.40. The number of H-pyrrole nitrogens is 1.